The third kappa shape index (κ3) is 4.60. The Morgan fingerprint density at radius 3 is 2.65 bits per heavy atom. The minimum atomic E-state index is -0.370. The largest absolute Gasteiger partial charge is 0.445 e. The van der Waals surface area contributed by atoms with Gasteiger partial charge in [0.2, 0.25) is 0 Å². The predicted molar refractivity (Wildman–Crippen MR) is 89.4 cm³/mol. The summed E-state index contributed by atoms with van der Waals surface area (Å²) >= 11 is 5.75. The average Bonchev–Trinajstić information content (AvgIpc) is 2.54. The van der Waals surface area contributed by atoms with Crippen LogP contribution in [0, 0.1) is 0 Å². The number of nitrogens with one attached hydrogen (secondary N) is 2. The highest BCUT2D eigenvalue weighted by molar-refractivity contribution is 6.29. The molecule has 0 saturated heterocycles. The van der Waals surface area contributed by atoms with Crippen LogP contribution < -0.4 is 10.6 Å². The van der Waals surface area contributed by atoms with Gasteiger partial charge in [0.05, 0.1) is 11.9 Å². The van der Waals surface area contributed by atoms with E-state index in [0.717, 1.165) is 24.1 Å². The summed E-state index contributed by atoms with van der Waals surface area (Å²) < 4.78 is 5.21. The number of pyridine rings is 1. The van der Waals surface area contributed by atoms with Crippen molar-refractivity contribution in [3.63, 3.8) is 0 Å². The summed E-state index contributed by atoms with van der Waals surface area (Å²) in [5.74, 6) is 0. The Labute approximate surface area is 140 Å². The molecule has 0 atom stereocenters. The second kappa shape index (κ2) is 7.33. The van der Waals surface area contributed by atoms with E-state index >= 15 is 0 Å². The molecule has 0 radical (unpaired) electrons. The lowest BCUT2D eigenvalue weighted by molar-refractivity contribution is 0.129. The lowest BCUT2D eigenvalue weighted by Gasteiger charge is -2.36. The van der Waals surface area contributed by atoms with E-state index in [1.165, 1.54) is 0 Å². The monoisotopic (exact) mass is 331 g/mol. The number of halogens is 1. The number of carbonyl (C=O) groups excluding carboxylic acids is 1. The number of anilines is 1. The van der Waals surface area contributed by atoms with Crippen LogP contribution in [-0.2, 0) is 11.3 Å². The molecule has 1 heterocycles. The number of carbonyl (C=O) groups is 1. The van der Waals surface area contributed by atoms with Crippen molar-refractivity contribution in [3.8, 4) is 0 Å². The highest BCUT2D eigenvalue weighted by Gasteiger charge is 2.30. The Bertz CT molecular complexity index is 643. The van der Waals surface area contributed by atoms with Crippen LogP contribution in [0.25, 0.3) is 0 Å². The van der Waals surface area contributed by atoms with Crippen LogP contribution in [0.2, 0.25) is 5.15 Å². The third-order valence-electron chi connectivity index (χ3n) is 3.77. The topological polar surface area (TPSA) is 63.2 Å². The zero-order chi connectivity index (χ0) is 16.1. The molecule has 3 rings (SSSR count). The lowest BCUT2D eigenvalue weighted by Crippen LogP contribution is -2.49. The first-order valence-corrected chi connectivity index (χ1v) is 7.92. The molecule has 0 aliphatic heterocycles. The molecule has 1 aromatic carbocycles. The Morgan fingerprint density at radius 2 is 1.96 bits per heavy atom. The number of aromatic nitrogens is 1. The smallest absolute Gasteiger partial charge is 0.407 e. The van der Waals surface area contributed by atoms with Gasteiger partial charge in [-0.25, -0.2) is 9.78 Å². The summed E-state index contributed by atoms with van der Waals surface area (Å²) in [5, 5.41) is 6.70. The first kappa shape index (κ1) is 15.6. The fraction of sp³-hybridized carbons (Fsp3) is 0.294. The van der Waals surface area contributed by atoms with E-state index in [0.29, 0.717) is 11.2 Å². The van der Waals surface area contributed by atoms with Crippen LogP contribution in [0.5, 0.6) is 0 Å². The van der Waals surface area contributed by atoms with E-state index < -0.39 is 0 Å². The second-order valence-electron chi connectivity index (χ2n) is 5.59. The first-order valence-electron chi connectivity index (χ1n) is 7.54. The van der Waals surface area contributed by atoms with Crippen molar-refractivity contribution in [2.24, 2.45) is 0 Å². The summed E-state index contributed by atoms with van der Waals surface area (Å²) in [4.78, 5) is 15.8. The summed E-state index contributed by atoms with van der Waals surface area (Å²) in [6, 6.07) is 13.8. The summed E-state index contributed by atoms with van der Waals surface area (Å²) in [6.07, 6.45) is 3.06. The summed E-state index contributed by atoms with van der Waals surface area (Å²) in [7, 11) is 0. The van der Waals surface area contributed by atoms with Gasteiger partial charge in [-0.2, -0.15) is 0 Å². The molecule has 0 spiro atoms. The van der Waals surface area contributed by atoms with Gasteiger partial charge in [0.15, 0.2) is 0 Å². The van der Waals surface area contributed by atoms with Crippen molar-refractivity contribution in [1.29, 1.82) is 0 Å². The maximum Gasteiger partial charge on any atom is 0.407 e. The van der Waals surface area contributed by atoms with Gasteiger partial charge in [-0.3, -0.25) is 0 Å². The molecule has 120 valence electrons. The Balaban J connectivity index is 1.35. The zero-order valence-corrected chi connectivity index (χ0v) is 13.3. The fourth-order valence-electron chi connectivity index (χ4n) is 2.48. The molecule has 23 heavy (non-hydrogen) atoms. The Kier molecular flexibility index (Phi) is 4.98. The molecule has 2 N–H and O–H groups in total. The summed E-state index contributed by atoms with van der Waals surface area (Å²) in [6.45, 7) is 0.289. The Morgan fingerprint density at radius 1 is 1.17 bits per heavy atom. The van der Waals surface area contributed by atoms with Crippen molar-refractivity contribution in [3.05, 3.63) is 59.4 Å². The molecule has 1 saturated carbocycles. The molecule has 1 aliphatic rings. The van der Waals surface area contributed by atoms with Crippen LogP contribution in [0.3, 0.4) is 0 Å². The maximum absolute atomic E-state index is 11.7. The average molecular weight is 332 g/mol. The molecular weight excluding hydrogens is 314 g/mol. The molecule has 1 amide bonds. The molecule has 5 nitrogen and oxygen atoms in total. The van der Waals surface area contributed by atoms with E-state index in [1.54, 1.807) is 12.3 Å². The van der Waals surface area contributed by atoms with Crippen molar-refractivity contribution >= 4 is 23.4 Å². The number of benzene rings is 1. The molecule has 1 aromatic heterocycles. The number of hydrogen-bond donors (Lipinski definition) is 2. The first-order chi connectivity index (χ1) is 11.2. The second-order valence-corrected chi connectivity index (χ2v) is 5.97. The Hall–Kier alpha value is -2.27. The predicted octanol–water partition coefficient (Wildman–Crippen LogP) is 3.60. The molecule has 0 bridgehead atoms. The number of amides is 1. The van der Waals surface area contributed by atoms with Crippen LogP contribution in [-0.4, -0.2) is 23.2 Å². The van der Waals surface area contributed by atoms with Crippen LogP contribution in [0.15, 0.2) is 48.7 Å². The van der Waals surface area contributed by atoms with Crippen molar-refractivity contribution in [2.45, 2.75) is 31.5 Å². The van der Waals surface area contributed by atoms with E-state index in [2.05, 4.69) is 15.6 Å². The highest BCUT2D eigenvalue weighted by Crippen LogP contribution is 2.24. The number of ether oxygens (including phenoxy) is 1. The molecule has 0 unspecified atom stereocenters. The highest BCUT2D eigenvalue weighted by atomic mass is 35.5. The van der Waals surface area contributed by atoms with Gasteiger partial charge >= 0.3 is 6.09 Å². The standard InChI is InChI=1S/C17H18ClN3O2/c18-16-7-6-13(10-19-16)20-14-8-15(9-14)21-17(22)23-11-12-4-2-1-3-5-12/h1-7,10,14-15,20H,8-9,11H2,(H,21,22). The number of hydrogen-bond acceptors (Lipinski definition) is 4. The van der Waals surface area contributed by atoms with Crippen molar-refractivity contribution < 1.29 is 9.53 Å². The third-order valence-corrected chi connectivity index (χ3v) is 3.99. The summed E-state index contributed by atoms with van der Waals surface area (Å²) in [5.41, 5.74) is 1.91. The number of nitrogens with zero attached hydrogens (tertiary/aromatic N) is 1. The fourth-order valence-corrected chi connectivity index (χ4v) is 2.59. The molecule has 2 aromatic rings. The van der Waals surface area contributed by atoms with Crippen LogP contribution >= 0.6 is 11.6 Å². The quantitative estimate of drug-likeness (QED) is 0.822. The van der Waals surface area contributed by atoms with Crippen molar-refractivity contribution in [1.82, 2.24) is 10.3 Å². The molecular formula is C17H18ClN3O2. The van der Waals surface area contributed by atoms with E-state index in [-0.39, 0.29) is 18.7 Å². The lowest BCUT2D eigenvalue weighted by atomic mass is 9.87. The van der Waals surface area contributed by atoms with Crippen LogP contribution in [0.1, 0.15) is 18.4 Å². The van der Waals surface area contributed by atoms with Gasteiger partial charge in [0, 0.05) is 12.1 Å². The van der Waals surface area contributed by atoms with Gasteiger partial charge in [-0.05, 0) is 30.5 Å². The number of rotatable bonds is 5. The van der Waals surface area contributed by atoms with E-state index in [1.807, 2.05) is 36.4 Å². The van der Waals surface area contributed by atoms with Gasteiger partial charge in [-0.1, -0.05) is 41.9 Å². The minimum absolute atomic E-state index is 0.149. The number of alkyl carbamates (subject to hydrolysis) is 1. The SMILES string of the molecule is O=C(NC1CC(Nc2ccc(Cl)nc2)C1)OCc1ccccc1. The van der Waals surface area contributed by atoms with E-state index in [4.69, 9.17) is 16.3 Å². The van der Waals surface area contributed by atoms with Gasteiger partial charge in [0.1, 0.15) is 11.8 Å². The zero-order valence-electron chi connectivity index (χ0n) is 12.5. The normalized spacial score (nSPS) is 19.5. The minimum Gasteiger partial charge on any atom is -0.445 e. The molecule has 1 aliphatic carbocycles. The van der Waals surface area contributed by atoms with E-state index in [9.17, 15) is 4.79 Å². The van der Waals surface area contributed by atoms with Crippen LogP contribution in [0.4, 0.5) is 10.5 Å². The van der Waals surface area contributed by atoms with Crippen molar-refractivity contribution in [2.75, 3.05) is 5.32 Å². The molecule has 6 heteroatoms. The van der Waals surface area contributed by atoms with Gasteiger partial charge in [0.25, 0.3) is 0 Å². The molecule has 1 fully saturated rings. The van der Waals surface area contributed by atoms with Gasteiger partial charge < -0.3 is 15.4 Å². The van der Waals surface area contributed by atoms with Gasteiger partial charge in [-0.15, -0.1) is 0 Å². The maximum atomic E-state index is 11.7.